The molecule has 0 radical (unpaired) electrons. The highest BCUT2D eigenvalue weighted by atomic mass is 35.5. The first-order valence-corrected chi connectivity index (χ1v) is 5.80. The van der Waals surface area contributed by atoms with Gasteiger partial charge in [0, 0.05) is 17.1 Å². The number of nitro benzene ring substituents is 1. The lowest BCUT2D eigenvalue weighted by Crippen LogP contribution is -2.19. The summed E-state index contributed by atoms with van der Waals surface area (Å²) >= 11 is 5.72. The molecule has 1 aromatic carbocycles. The molecule has 2 N–H and O–H groups in total. The van der Waals surface area contributed by atoms with E-state index >= 15 is 0 Å². The van der Waals surface area contributed by atoms with Crippen LogP contribution in [-0.2, 0) is 0 Å². The van der Waals surface area contributed by atoms with Crippen molar-refractivity contribution in [2.45, 2.75) is 31.4 Å². The van der Waals surface area contributed by atoms with Crippen LogP contribution in [0.4, 0.5) is 5.69 Å². The highest BCUT2D eigenvalue weighted by Crippen LogP contribution is 2.33. The molecule has 0 aliphatic heterocycles. The first kappa shape index (κ1) is 12.1. The van der Waals surface area contributed by atoms with Crippen molar-refractivity contribution < 1.29 is 9.66 Å². The third kappa shape index (κ3) is 2.87. The summed E-state index contributed by atoms with van der Waals surface area (Å²) < 4.78 is 5.61. The van der Waals surface area contributed by atoms with Crippen molar-refractivity contribution in [3.05, 3.63) is 33.3 Å². The second-order valence-electron chi connectivity index (χ2n) is 4.18. The summed E-state index contributed by atoms with van der Waals surface area (Å²) in [6.07, 6.45) is 2.43. The molecule has 17 heavy (non-hydrogen) atoms. The third-order valence-corrected chi connectivity index (χ3v) is 3.07. The maximum atomic E-state index is 10.9. The summed E-state index contributed by atoms with van der Waals surface area (Å²) in [7, 11) is 0. The number of hydrogen-bond acceptors (Lipinski definition) is 4. The van der Waals surface area contributed by atoms with E-state index in [0.29, 0.717) is 5.02 Å². The maximum Gasteiger partial charge on any atom is 0.312 e. The van der Waals surface area contributed by atoms with Crippen LogP contribution in [-0.4, -0.2) is 17.1 Å². The van der Waals surface area contributed by atoms with Crippen molar-refractivity contribution in [3.63, 3.8) is 0 Å². The first-order chi connectivity index (χ1) is 8.06. The van der Waals surface area contributed by atoms with Crippen molar-refractivity contribution in [2.75, 3.05) is 0 Å². The van der Waals surface area contributed by atoms with Gasteiger partial charge >= 0.3 is 5.69 Å². The number of nitrogens with two attached hydrogens (primary N) is 1. The monoisotopic (exact) mass is 256 g/mol. The summed E-state index contributed by atoms with van der Waals surface area (Å²) in [6.45, 7) is 0. The van der Waals surface area contributed by atoms with Crippen LogP contribution in [0.3, 0.4) is 0 Å². The Bertz CT molecular complexity index is 439. The van der Waals surface area contributed by atoms with Crippen LogP contribution in [0.2, 0.25) is 5.02 Å². The Labute approximate surface area is 104 Å². The van der Waals surface area contributed by atoms with Gasteiger partial charge in [0.15, 0.2) is 5.75 Å². The second-order valence-corrected chi connectivity index (χ2v) is 4.62. The van der Waals surface area contributed by atoms with Gasteiger partial charge in [-0.15, -0.1) is 0 Å². The molecule has 0 heterocycles. The van der Waals surface area contributed by atoms with E-state index < -0.39 is 4.92 Å². The van der Waals surface area contributed by atoms with E-state index in [1.807, 2.05) is 0 Å². The van der Waals surface area contributed by atoms with Gasteiger partial charge in [0.1, 0.15) is 6.10 Å². The summed E-state index contributed by atoms with van der Waals surface area (Å²) in [5, 5.41) is 11.2. The molecule has 0 bridgehead atoms. The molecule has 2 atom stereocenters. The maximum absolute atomic E-state index is 10.9. The molecule has 1 aromatic rings. The number of ether oxygens (including phenoxy) is 1. The Hall–Kier alpha value is -1.33. The van der Waals surface area contributed by atoms with Gasteiger partial charge in [0.05, 0.1) is 4.92 Å². The summed E-state index contributed by atoms with van der Waals surface area (Å²) in [5.74, 6) is 0.263. The molecule has 1 aliphatic carbocycles. The Morgan fingerprint density at radius 1 is 1.47 bits per heavy atom. The Morgan fingerprint density at radius 3 is 2.82 bits per heavy atom. The van der Waals surface area contributed by atoms with Gasteiger partial charge in [-0.2, -0.15) is 0 Å². The topological polar surface area (TPSA) is 78.4 Å². The van der Waals surface area contributed by atoms with Gasteiger partial charge < -0.3 is 10.5 Å². The van der Waals surface area contributed by atoms with Crippen molar-refractivity contribution in [3.8, 4) is 5.75 Å². The van der Waals surface area contributed by atoms with E-state index in [9.17, 15) is 10.1 Å². The van der Waals surface area contributed by atoms with Crippen molar-refractivity contribution in [1.29, 1.82) is 0 Å². The fourth-order valence-electron chi connectivity index (χ4n) is 1.99. The van der Waals surface area contributed by atoms with Gasteiger partial charge in [0.25, 0.3) is 0 Å². The average Bonchev–Trinajstić information content (AvgIpc) is 2.66. The van der Waals surface area contributed by atoms with Gasteiger partial charge in [-0.05, 0) is 31.4 Å². The van der Waals surface area contributed by atoms with Crippen LogP contribution in [0.25, 0.3) is 0 Å². The van der Waals surface area contributed by atoms with E-state index in [1.54, 1.807) is 6.07 Å². The second kappa shape index (κ2) is 4.89. The standard InChI is InChI=1S/C11H13ClN2O3/c12-7-1-4-11(10(5-7)14(15)16)17-9-3-2-8(13)6-9/h1,4-5,8-9H,2-3,6,13H2. The smallest absolute Gasteiger partial charge is 0.312 e. The third-order valence-electron chi connectivity index (χ3n) is 2.84. The quantitative estimate of drug-likeness (QED) is 0.666. The van der Waals surface area contributed by atoms with Crippen molar-refractivity contribution in [1.82, 2.24) is 0 Å². The predicted octanol–water partition coefficient (Wildman–Crippen LogP) is 2.51. The largest absolute Gasteiger partial charge is 0.483 e. The minimum absolute atomic E-state index is 0.0372. The molecule has 6 heteroatoms. The first-order valence-electron chi connectivity index (χ1n) is 5.42. The highest BCUT2D eigenvalue weighted by molar-refractivity contribution is 6.30. The summed E-state index contributed by atoms with van der Waals surface area (Å²) in [6, 6.07) is 4.54. The Balaban J connectivity index is 2.17. The van der Waals surface area contributed by atoms with Gasteiger partial charge in [-0.25, -0.2) is 0 Å². The molecular weight excluding hydrogens is 244 g/mol. The molecular formula is C11H13ClN2O3. The molecule has 0 spiro atoms. The highest BCUT2D eigenvalue weighted by Gasteiger charge is 2.26. The predicted molar refractivity (Wildman–Crippen MR) is 64.3 cm³/mol. The molecule has 1 aliphatic rings. The number of rotatable bonds is 3. The summed E-state index contributed by atoms with van der Waals surface area (Å²) in [4.78, 5) is 10.4. The fourth-order valence-corrected chi connectivity index (χ4v) is 2.16. The van der Waals surface area contributed by atoms with E-state index in [-0.39, 0.29) is 23.6 Å². The van der Waals surface area contributed by atoms with E-state index in [1.165, 1.54) is 12.1 Å². The fraction of sp³-hybridized carbons (Fsp3) is 0.455. The molecule has 1 saturated carbocycles. The van der Waals surface area contributed by atoms with E-state index in [2.05, 4.69) is 0 Å². The van der Waals surface area contributed by atoms with Crippen molar-refractivity contribution >= 4 is 17.3 Å². The van der Waals surface area contributed by atoms with Gasteiger partial charge in [0.2, 0.25) is 0 Å². The zero-order valence-electron chi connectivity index (χ0n) is 9.14. The number of nitrogens with zero attached hydrogens (tertiary/aromatic N) is 1. The average molecular weight is 257 g/mol. The van der Waals surface area contributed by atoms with Crippen LogP contribution >= 0.6 is 11.6 Å². The molecule has 2 unspecified atom stereocenters. The molecule has 1 fully saturated rings. The molecule has 92 valence electrons. The van der Waals surface area contributed by atoms with Gasteiger partial charge in [-0.3, -0.25) is 10.1 Å². The zero-order chi connectivity index (χ0) is 12.4. The molecule has 5 nitrogen and oxygen atoms in total. The van der Waals surface area contributed by atoms with Crippen LogP contribution in [0.1, 0.15) is 19.3 Å². The minimum Gasteiger partial charge on any atom is -0.483 e. The summed E-state index contributed by atoms with van der Waals surface area (Å²) in [5.41, 5.74) is 5.67. The van der Waals surface area contributed by atoms with Crippen LogP contribution in [0.15, 0.2) is 18.2 Å². The van der Waals surface area contributed by atoms with Crippen LogP contribution in [0.5, 0.6) is 5.75 Å². The minimum atomic E-state index is -0.490. The zero-order valence-corrected chi connectivity index (χ0v) is 9.89. The van der Waals surface area contributed by atoms with E-state index in [0.717, 1.165) is 19.3 Å². The molecule has 0 amide bonds. The Kier molecular flexibility index (Phi) is 3.49. The molecule has 2 rings (SSSR count). The SMILES string of the molecule is NC1CCC(Oc2ccc(Cl)cc2[N+](=O)[O-])C1. The van der Waals surface area contributed by atoms with Crippen LogP contribution < -0.4 is 10.5 Å². The van der Waals surface area contributed by atoms with Crippen molar-refractivity contribution in [2.24, 2.45) is 5.73 Å². The number of hydrogen-bond donors (Lipinski definition) is 1. The molecule has 0 saturated heterocycles. The normalized spacial score (nSPS) is 23.6. The number of benzene rings is 1. The molecule has 0 aromatic heterocycles. The lowest BCUT2D eigenvalue weighted by atomic mass is 10.2. The lowest BCUT2D eigenvalue weighted by Gasteiger charge is -2.13. The van der Waals surface area contributed by atoms with E-state index in [4.69, 9.17) is 22.1 Å². The number of halogens is 1. The lowest BCUT2D eigenvalue weighted by molar-refractivity contribution is -0.386. The van der Waals surface area contributed by atoms with Crippen LogP contribution in [0, 0.1) is 10.1 Å². The number of nitro groups is 1. The van der Waals surface area contributed by atoms with Gasteiger partial charge in [-0.1, -0.05) is 11.6 Å². The Morgan fingerprint density at radius 2 is 2.24 bits per heavy atom.